The number of carbonyl (C=O) groups is 2. The number of hydrogen-bond donors (Lipinski definition) is 1. The lowest BCUT2D eigenvalue weighted by atomic mass is 9.96. The molecule has 2 heterocycles. The van der Waals surface area contributed by atoms with Crippen molar-refractivity contribution in [1.82, 2.24) is 10.2 Å². The molecule has 0 spiro atoms. The van der Waals surface area contributed by atoms with E-state index in [4.69, 9.17) is 18.9 Å². The van der Waals surface area contributed by atoms with E-state index in [1.165, 1.54) is 0 Å². The van der Waals surface area contributed by atoms with Gasteiger partial charge in [-0.2, -0.15) is 0 Å². The largest absolute Gasteiger partial charge is 0.444 e. The molecule has 8 heteroatoms. The van der Waals surface area contributed by atoms with E-state index in [0.717, 1.165) is 24.8 Å². The van der Waals surface area contributed by atoms with Crippen molar-refractivity contribution in [2.75, 3.05) is 20.3 Å². The van der Waals surface area contributed by atoms with Crippen molar-refractivity contribution in [1.29, 1.82) is 0 Å². The zero-order valence-electron chi connectivity index (χ0n) is 22.3. The summed E-state index contributed by atoms with van der Waals surface area (Å²) in [6.45, 7) is 9.21. The minimum Gasteiger partial charge on any atom is -0.444 e. The van der Waals surface area contributed by atoms with Gasteiger partial charge in [0.2, 0.25) is 5.91 Å². The van der Waals surface area contributed by atoms with Crippen LogP contribution in [0.5, 0.6) is 0 Å². The number of rotatable bonds is 10. The summed E-state index contributed by atoms with van der Waals surface area (Å²) < 4.78 is 23.6. The van der Waals surface area contributed by atoms with Crippen molar-refractivity contribution in [3.63, 3.8) is 0 Å². The molecule has 2 fully saturated rings. The second-order valence-electron chi connectivity index (χ2n) is 10.3. The van der Waals surface area contributed by atoms with Crippen LogP contribution < -0.4 is 5.32 Å². The number of carbonyl (C=O) groups excluding carboxylic acids is 2. The van der Waals surface area contributed by atoms with Gasteiger partial charge in [-0.25, -0.2) is 4.79 Å². The zero-order chi connectivity index (χ0) is 26.1. The van der Waals surface area contributed by atoms with E-state index in [1.807, 2.05) is 50.3 Å². The average molecular weight is 503 g/mol. The Balaban J connectivity index is 1.75. The quantitative estimate of drug-likeness (QED) is 0.464. The molecule has 0 bridgehead atoms. The second kappa shape index (κ2) is 13.2. The summed E-state index contributed by atoms with van der Waals surface area (Å²) >= 11 is 0. The summed E-state index contributed by atoms with van der Waals surface area (Å²) in [5.41, 5.74) is 0.598. The first kappa shape index (κ1) is 28.2. The van der Waals surface area contributed by atoms with Gasteiger partial charge in [-0.15, -0.1) is 0 Å². The predicted molar refractivity (Wildman–Crippen MR) is 137 cm³/mol. The third-order valence-corrected chi connectivity index (χ3v) is 6.53. The molecule has 0 aromatic heterocycles. The minimum atomic E-state index is -0.894. The molecule has 36 heavy (non-hydrogen) atoms. The summed E-state index contributed by atoms with van der Waals surface area (Å²) in [6.07, 6.45) is 4.90. The van der Waals surface area contributed by atoms with Crippen LogP contribution in [0.1, 0.15) is 65.4 Å². The molecule has 2 saturated heterocycles. The summed E-state index contributed by atoms with van der Waals surface area (Å²) in [5, 5.41) is 2.72. The van der Waals surface area contributed by atoms with Crippen molar-refractivity contribution in [3.8, 4) is 0 Å². The van der Waals surface area contributed by atoms with Crippen molar-refractivity contribution in [3.05, 3.63) is 47.5 Å². The van der Waals surface area contributed by atoms with Gasteiger partial charge < -0.3 is 24.3 Å². The molecule has 1 aromatic rings. The number of ether oxygens (including phenoxy) is 4. The summed E-state index contributed by atoms with van der Waals surface area (Å²) in [4.78, 5) is 27.7. The van der Waals surface area contributed by atoms with Crippen LogP contribution in [-0.2, 0) is 30.3 Å². The lowest BCUT2D eigenvalue weighted by Gasteiger charge is -2.33. The Hall–Kier alpha value is -2.42. The van der Waals surface area contributed by atoms with E-state index < -0.39 is 17.9 Å². The smallest absolute Gasteiger partial charge is 0.412 e. The van der Waals surface area contributed by atoms with E-state index in [0.29, 0.717) is 37.5 Å². The fourth-order valence-electron chi connectivity index (χ4n) is 4.80. The van der Waals surface area contributed by atoms with Crippen LogP contribution in [0.2, 0.25) is 0 Å². The molecule has 200 valence electrons. The Morgan fingerprint density at radius 3 is 2.61 bits per heavy atom. The Morgan fingerprint density at radius 2 is 1.97 bits per heavy atom. The van der Waals surface area contributed by atoms with Gasteiger partial charge in [-0.3, -0.25) is 9.69 Å². The van der Waals surface area contributed by atoms with Crippen molar-refractivity contribution in [2.24, 2.45) is 5.92 Å². The summed E-state index contributed by atoms with van der Waals surface area (Å²) in [6, 6.07) is 9.33. The Bertz CT molecular complexity index is 879. The standard InChI is InChI=1S/C28H42N2O6/c1-20(2)17-23-24(18-22(26(31)29-5)14-16-34-25-13-9-10-15-33-25)36-28(3,4)30(23)27(32)35-19-21-11-7-6-8-12-21/h6-8,11-12,18,20,23-25H,9-10,13-17,19H2,1-5H3,(H,29,31)/t23-,24-,25?/m0/s1. The van der Waals surface area contributed by atoms with Crippen molar-refractivity contribution < 1.29 is 28.5 Å². The topological polar surface area (TPSA) is 86.3 Å². The minimum absolute atomic E-state index is 0.182. The first-order valence-electron chi connectivity index (χ1n) is 13.0. The number of likely N-dealkylation sites (N-methyl/N-ethyl adjacent to an activating group) is 1. The second-order valence-corrected chi connectivity index (χ2v) is 10.3. The maximum absolute atomic E-state index is 13.3. The maximum Gasteiger partial charge on any atom is 0.412 e. The maximum atomic E-state index is 13.3. The van der Waals surface area contributed by atoms with Gasteiger partial charge in [0, 0.05) is 25.6 Å². The van der Waals surface area contributed by atoms with Gasteiger partial charge in [-0.05, 0) is 57.1 Å². The number of nitrogens with zero attached hydrogens (tertiary/aromatic N) is 1. The first-order chi connectivity index (χ1) is 17.2. The van der Waals surface area contributed by atoms with E-state index in [-0.39, 0.29) is 24.8 Å². The zero-order valence-corrected chi connectivity index (χ0v) is 22.3. The van der Waals surface area contributed by atoms with Crippen LogP contribution in [0.4, 0.5) is 4.79 Å². The fraction of sp³-hybridized carbons (Fsp3) is 0.643. The Kier molecular flexibility index (Phi) is 10.3. The molecular formula is C28H42N2O6. The van der Waals surface area contributed by atoms with Crippen LogP contribution in [-0.4, -0.2) is 61.3 Å². The Morgan fingerprint density at radius 1 is 1.22 bits per heavy atom. The molecule has 8 nitrogen and oxygen atoms in total. The van der Waals surface area contributed by atoms with Gasteiger partial charge in [0.15, 0.2) is 6.29 Å². The molecule has 0 radical (unpaired) electrons. The van der Waals surface area contributed by atoms with E-state index >= 15 is 0 Å². The number of amides is 2. The number of nitrogens with one attached hydrogen (secondary N) is 1. The fourth-order valence-corrected chi connectivity index (χ4v) is 4.80. The van der Waals surface area contributed by atoms with Gasteiger partial charge in [0.1, 0.15) is 12.3 Å². The van der Waals surface area contributed by atoms with Crippen molar-refractivity contribution >= 4 is 12.0 Å². The van der Waals surface area contributed by atoms with Gasteiger partial charge in [-0.1, -0.05) is 44.2 Å². The van der Waals surface area contributed by atoms with Crippen LogP contribution in [0.3, 0.4) is 0 Å². The molecular weight excluding hydrogens is 460 g/mol. The van der Waals surface area contributed by atoms with E-state index in [1.54, 1.807) is 11.9 Å². The normalized spacial score (nSPS) is 24.1. The third kappa shape index (κ3) is 7.79. The number of benzene rings is 1. The van der Waals surface area contributed by atoms with Crippen LogP contribution in [0, 0.1) is 5.92 Å². The van der Waals surface area contributed by atoms with Gasteiger partial charge in [0.25, 0.3) is 0 Å². The van der Waals surface area contributed by atoms with Crippen LogP contribution in [0.15, 0.2) is 42.0 Å². The highest BCUT2D eigenvalue weighted by Gasteiger charge is 2.50. The molecule has 2 aliphatic heterocycles. The lowest BCUT2D eigenvalue weighted by Crippen LogP contribution is -2.49. The van der Waals surface area contributed by atoms with Crippen LogP contribution in [0.25, 0.3) is 0 Å². The molecule has 1 N–H and O–H groups in total. The average Bonchev–Trinajstić information content (AvgIpc) is 3.10. The highest BCUT2D eigenvalue weighted by molar-refractivity contribution is 5.93. The van der Waals surface area contributed by atoms with Crippen molar-refractivity contribution in [2.45, 2.75) is 90.6 Å². The molecule has 3 atom stereocenters. The molecule has 2 aliphatic rings. The molecule has 2 amide bonds. The first-order valence-corrected chi connectivity index (χ1v) is 13.0. The molecule has 1 unspecified atom stereocenters. The molecule has 0 aliphatic carbocycles. The van der Waals surface area contributed by atoms with Crippen LogP contribution >= 0.6 is 0 Å². The third-order valence-electron chi connectivity index (χ3n) is 6.53. The molecule has 3 rings (SSSR count). The highest BCUT2D eigenvalue weighted by atomic mass is 16.7. The van der Waals surface area contributed by atoms with Gasteiger partial charge >= 0.3 is 6.09 Å². The predicted octanol–water partition coefficient (Wildman–Crippen LogP) is 4.78. The van der Waals surface area contributed by atoms with E-state index in [9.17, 15) is 9.59 Å². The van der Waals surface area contributed by atoms with E-state index in [2.05, 4.69) is 19.2 Å². The summed E-state index contributed by atoms with van der Waals surface area (Å²) in [7, 11) is 1.61. The molecule has 0 saturated carbocycles. The highest BCUT2D eigenvalue weighted by Crippen LogP contribution is 2.37. The lowest BCUT2D eigenvalue weighted by molar-refractivity contribution is -0.161. The number of hydrogen-bond acceptors (Lipinski definition) is 6. The van der Waals surface area contributed by atoms with Gasteiger partial charge in [0.05, 0.1) is 18.8 Å². The SMILES string of the molecule is CNC(=O)C(=C[C@@H]1OC(C)(C)N(C(=O)OCc2ccccc2)[C@H]1CC(C)C)CCOC1CCCCO1. The monoisotopic (exact) mass is 502 g/mol. The molecule has 1 aromatic carbocycles. The summed E-state index contributed by atoms with van der Waals surface area (Å²) in [5.74, 6) is 0.126. The Labute approximate surface area is 215 Å².